The monoisotopic (exact) mass is 1010 g/mol. The van der Waals surface area contributed by atoms with E-state index >= 15 is 0 Å². The fraction of sp³-hybridized carbons (Fsp3) is 0.849. The van der Waals surface area contributed by atoms with Gasteiger partial charge in [-0.25, -0.2) is 0 Å². The minimum Gasteiger partial charge on any atom is -0.462 e. The Labute approximate surface area is 422 Å². The molecule has 3 saturated heterocycles. The number of rotatable bonds is 29. The maximum Gasteiger partial charge on any atom is 0.308 e. The van der Waals surface area contributed by atoms with E-state index in [9.17, 15) is 30.0 Å². The summed E-state index contributed by atoms with van der Waals surface area (Å²) in [4.78, 5) is 26.8. The number of aliphatic hydroxyl groups is 4. The van der Waals surface area contributed by atoms with Crippen molar-refractivity contribution in [3.05, 3.63) is 29.8 Å². The van der Waals surface area contributed by atoms with Crippen molar-refractivity contribution in [1.82, 2.24) is 0 Å². The molecular weight excluding hydrogens is 925 g/mol. The Morgan fingerprint density at radius 1 is 0.577 bits per heavy atom. The number of unbranched alkanes of at least 4 members (excludes halogenated alkanes) is 1. The normalized spacial score (nSPS) is 33.8. The predicted molar refractivity (Wildman–Crippen MR) is 261 cm³/mol. The first-order chi connectivity index (χ1) is 33.9. The van der Waals surface area contributed by atoms with Gasteiger partial charge in [-0.15, -0.1) is 0 Å². The molecule has 18 heteroatoms. The van der Waals surface area contributed by atoms with E-state index in [0.717, 1.165) is 50.5 Å². The van der Waals surface area contributed by atoms with Crippen LogP contribution < -0.4 is 4.74 Å². The van der Waals surface area contributed by atoms with E-state index < -0.39 is 104 Å². The zero-order valence-electron chi connectivity index (χ0n) is 44.7. The first kappa shape index (κ1) is 61.0. The molecule has 21 atom stereocenters. The van der Waals surface area contributed by atoms with Crippen LogP contribution in [0.3, 0.4) is 0 Å². The highest BCUT2D eigenvalue weighted by Crippen LogP contribution is 2.35. The first-order valence-corrected chi connectivity index (χ1v) is 26.1. The van der Waals surface area contributed by atoms with Gasteiger partial charge in [0.2, 0.25) is 6.29 Å². The molecule has 3 aliphatic heterocycles. The van der Waals surface area contributed by atoms with Crippen molar-refractivity contribution in [2.45, 2.75) is 243 Å². The van der Waals surface area contributed by atoms with Crippen LogP contribution in [-0.4, -0.2) is 171 Å². The lowest BCUT2D eigenvalue weighted by Gasteiger charge is -2.49. The first-order valence-electron chi connectivity index (χ1n) is 26.1. The van der Waals surface area contributed by atoms with E-state index in [1.54, 1.807) is 40.0 Å². The molecule has 3 heterocycles. The minimum atomic E-state index is -1.34. The van der Waals surface area contributed by atoms with Crippen molar-refractivity contribution in [1.29, 1.82) is 0 Å². The number of carbonyl (C=O) groups is 2. The van der Waals surface area contributed by atoms with Crippen molar-refractivity contribution >= 4 is 11.9 Å². The van der Waals surface area contributed by atoms with Gasteiger partial charge in [0.05, 0.1) is 36.3 Å². The van der Waals surface area contributed by atoms with E-state index in [1.807, 2.05) is 39.8 Å². The number of hydrogen-bond donors (Lipinski definition) is 4. The topological polar surface area (TPSA) is 226 Å². The SMILES string of the molecule is CCCC(C)C(=O)OC(CCCCC(C)C(CC)OC)CC(Cc1ccc(O[C@H]2OC(C)[C@@H](O)C(O[C@H]3OC(C)[C@@H](O)C(O[C@H]4OC(C)[C@H](O)C(O)C4OC)C3OC)C2OC)cc1)OC(=O)C(C)CCC. The van der Waals surface area contributed by atoms with E-state index in [4.69, 9.17) is 56.8 Å². The largest absolute Gasteiger partial charge is 0.462 e. The summed E-state index contributed by atoms with van der Waals surface area (Å²) >= 11 is 0. The van der Waals surface area contributed by atoms with Crippen LogP contribution in [0.25, 0.3) is 0 Å². The van der Waals surface area contributed by atoms with E-state index in [2.05, 4.69) is 13.8 Å². The summed E-state index contributed by atoms with van der Waals surface area (Å²) in [5, 5.41) is 44.0. The second-order valence-corrected chi connectivity index (χ2v) is 20.0. The third-order valence-corrected chi connectivity index (χ3v) is 14.5. The second kappa shape index (κ2) is 30.1. The molecule has 15 unspecified atom stereocenters. The predicted octanol–water partition coefficient (Wildman–Crippen LogP) is 5.81. The molecule has 3 fully saturated rings. The molecule has 0 bridgehead atoms. The summed E-state index contributed by atoms with van der Waals surface area (Å²) in [7, 11) is 5.93. The molecule has 0 aliphatic carbocycles. The van der Waals surface area contributed by atoms with Gasteiger partial charge in [-0.05, 0) is 82.9 Å². The molecule has 4 N–H and O–H groups in total. The van der Waals surface area contributed by atoms with Crippen molar-refractivity contribution in [2.24, 2.45) is 17.8 Å². The van der Waals surface area contributed by atoms with Crippen LogP contribution in [0.4, 0.5) is 0 Å². The Kier molecular flexibility index (Phi) is 25.9. The number of methoxy groups -OCH3 is 4. The van der Waals surface area contributed by atoms with Crippen LogP contribution in [0.5, 0.6) is 5.75 Å². The maximum atomic E-state index is 13.5. The lowest BCUT2D eigenvalue weighted by molar-refractivity contribution is -0.376. The van der Waals surface area contributed by atoms with Gasteiger partial charge in [0, 0.05) is 41.3 Å². The lowest BCUT2D eigenvalue weighted by atomic mass is 9.94. The van der Waals surface area contributed by atoms with Crippen LogP contribution in [0.15, 0.2) is 24.3 Å². The fourth-order valence-corrected chi connectivity index (χ4v) is 9.94. The lowest BCUT2D eigenvalue weighted by Crippen LogP contribution is -2.66. The Hall–Kier alpha value is -2.56. The van der Waals surface area contributed by atoms with Crippen molar-refractivity contribution in [3.63, 3.8) is 0 Å². The quantitative estimate of drug-likeness (QED) is 0.0549. The van der Waals surface area contributed by atoms with Crippen LogP contribution in [0.1, 0.15) is 132 Å². The van der Waals surface area contributed by atoms with Gasteiger partial charge in [0.15, 0.2) is 12.6 Å². The maximum absolute atomic E-state index is 13.5. The van der Waals surface area contributed by atoms with E-state index in [-0.39, 0.29) is 29.9 Å². The number of carbonyl (C=O) groups excluding carboxylic acids is 2. The molecule has 1 aromatic carbocycles. The van der Waals surface area contributed by atoms with Gasteiger partial charge in [-0.2, -0.15) is 0 Å². The van der Waals surface area contributed by atoms with E-state index in [1.165, 1.54) is 21.3 Å². The fourth-order valence-electron chi connectivity index (χ4n) is 9.94. The number of hydrogen-bond acceptors (Lipinski definition) is 18. The standard InChI is InChI=1S/C53H90O18/c1-14-19-30(5)49(58)67-37(22-18-17-21-29(4)39(16-3)60-10)28-38(68-50(59)31(6)20-15-2)27-35-23-25-36(26-24-35)69-52-47(62-12)44(41(55)33(8)65-52)71-53-48(63-13)45(42(56)34(9)66-53)70-51-46(61-11)43(57)40(54)32(7)64-51/h23-26,29-34,37-48,51-57H,14-22,27-28H2,1-13H3/t29?,30?,31?,32?,33?,34?,37?,38?,39?,40-,41+,42+,43?,44?,45?,46?,47?,48?,51+,52+,53+/m0/s1. The summed E-state index contributed by atoms with van der Waals surface area (Å²) < 4.78 is 72.6. The molecule has 4 rings (SSSR count). The Balaban J connectivity index is 1.51. The molecule has 0 saturated carbocycles. The summed E-state index contributed by atoms with van der Waals surface area (Å²) in [6.45, 7) is 17.1. The highest BCUT2D eigenvalue weighted by Gasteiger charge is 2.54. The summed E-state index contributed by atoms with van der Waals surface area (Å²) in [6.07, 6.45) is -9.12. The van der Waals surface area contributed by atoms with Crippen LogP contribution >= 0.6 is 0 Å². The number of benzene rings is 1. The van der Waals surface area contributed by atoms with Crippen molar-refractivity contribution in [3.8, 4) is 5.75 Å². The summed E-state index contributed by atoms with van der Waals surface area (Å²) in [5.41, 5.74) is 0.864. The number of esters is 2. The van der Waals surface area contributed by atoms with Gasteiger partial charge in [0.25, 0.3) is 0 Å². The third kappa shape index (κ3) is 17.0. The highest BCUT2D eigenvalue weighted by molar-refractivity contribution is 5.72. The second-order valence-electron chi connectivity index (χ2n) is 20.0. The highest BCUT2D eigenvalue weighted by atomic mass is 16.8. The molecule has 0 amide bonds. The zero-order chi connectivity index (χ0) is 52.5. The summed E-state index contributed by atoms with van der Waals surface area (Å²) in [6, 6.07) is 7.31. The minimum absolute atomic E-state index is 0.192. The molecule has 0 radical (unpaired) electrons. The molecule has 0 aromatic heterocycles. The molecule has 1 aromatic rings. The Bertz CT molecular complexity index is 1670. The summed E-state index contributed by atoms with van der Waals surface area (Å²) in [5.74, 6) is -0.245. The van der Waals surface area contributed by atoms with Crippen LogP contribution in [0, 0.1) is 17.8 Å². The zero-order valence-corrected chi connectivity index (χ0v) is 44.7. The average Bonchev–Trinajstić information content (AvgIpc) is 3.34. The molecule has 18 nitrogen and oxygen atoms in total. The number of ether oxygens (including phenoxy) is 12. The van der Waals surface area contributed by atoms with E-state index in [0.29, 0.717) is 37.4 Å². The molecule has 410 valence electrons. The molecular formula is C53H90O18. The van der Waals surface area contributed by atoms with Crippen LogP contribution in [0.2, 0.25) is 0 Å². The molecule has 0 spiro atoms. The van der Waals surface area contributed by atoms with Crippen molar-refractivity contribution < 1.29 is 86.9 Å². The average molecular weight is 1020 g/mol. The number of aliphatic hydroxyl groups excluding tert-OH is 4. The van der Waals surface area contributed by atoms with Gasteiger partial charge in [-0.3, -0.25) is 9.59 Å². The van der Waals surface area contributed by atoms with Crippen molar-refractivity contribution in [2.75, 3.05) is 28.4 Å². The Morgan fingerprint density at radius 2 is 1.04 bits per heavy atom. The molecule has 71 heavy (non-hydrogen) atoms. The van der Waals surface area contributed by atoms with Gasteiger partial charge in [0.1, 0.15) is 72.9 Å². The van der Waals surface area contributed by atoms with Gasteiger partial charge in [-0.1, -0.05) is 72.9 Å². The van der Waals surface area contributed by atoms with Gasteiger partial charge < -0.3 is 77.3 Å². The van der Waals surface area contributed by atoms with Crippen LogP contribution in [-0.2, 0) is 68.1 Å². The Morgan fingerprint density at radius 3 is 1.54 bits per heavy atom. The van der Waals surface area contributed by atoms with Gasteiger partial charge >= 0.3 is 11.9 Å². The smallest absolute Gasteiger partial charge is 0.308 e. The molecule has 3 aliphatic rings. The third-order valence-electron chi connectivity index (χ3n) is 14.5.